The van der Waals surface area contributed by atoms with E-state index in [4.69, 9.17) is 4.74 Å². The molecule has 0 heterocycles. The summed E-state index contributed by atoms with van der Waals surface area (Å²) in [6.07, 6.45) is 38.4. The van der Waals surface area contributed by atoms with Gasteiger partial charge in [-0.15, -0.1) is 0 Å². The summed E-state index contributed by atoms with van der Waals surface area (Å²) in [7, 11) is 0. The minimum Gasteiger partial charge on any atom is -0.462 e. The highest BCUT2D eigenvalue weighted by molar-refractivity contribution is 5.69. The van der Waals surface area contributed by atoms with Crippen molar-refractivity contribution in [3.05, 3.63) is 11.6 Å². The van der Waals surface area contributed by atoms with Crippen LogP contribution < -0.4 is 0 Å². The van der Waals surface area contributed by atoms with Gasteiger partial charge in [-0.3, -0.25) is 4.79 Å². The molecule has 0 spiro atoms. The van der Waals surface area contributed by atoms with E-state index in [1.807, 2.05) is 0 Å². The Bertz CT molecular complexity index is 934. The highest BCUT2D eigenvalue weighted by Crippen LogP contribution is 2.67. The lowest BCUT2D eigenvalue weighted by Crippen LogP contribution is -2.51. The number of carbonyl (C=O) groups excluding carboxylic acids is 1. The van der Waals surface area contributed by atoms with Gasteiger partial charge in [-0.2, -0.15) is 0 Å². The van der Waals surface area contributed by atoms with Crippen LogP contribution in [-0.2, 0) is 9.53 Å². The first-order valence-corrected chi connectivity index (χ1v) is 21.6. The molecule has 4 rings (SSSR count). The largest absolute Gasteiger partial charge is 0.462 e. The second-order valence-electron chi connectivity index (χ2n) is 18.3. The predicted octanol–water partition coefficient (Wildman–Crippen LogP) is 14.2. The molecule has 0 radical (unpaired) electrons. The molecule has 47 heavy (non-hydrogen) atoms. The van der Waals surface area contributed by atoms with Crippen LogP contribution in [0.2, 0.25) is 0 Å². The zero-order chi connectivity index (χ0) is 33.7. The summed E-state index contributed by atoms with van der Waals surface area (Å²) < 4.78 is 6.13. The third-order valence-corrected chi connectivity index (χ3v) is 14.5. The molecule has 0 aromatic carbocycles. The monoisotopic (exact) mass is 653 g/mol. The van der Waals surface area contributed by atoms with Gasteiger partial charge in [-0.05, 0) is 97.7 Å². The van der Waals surface area contributed by atoms with Crippen LogP contribution in [0.4, 0.5) is 0 Å². The highest BCUT2D eigenvalue weighted by atomic mass is 16.5. The Kier molecular flexibility index (Phi) is 16.2. The molecule has 0 aromatic rings. The van der Waals surface area contributed by atoms with Crippen molar-refractivity contribution in [2.24, 2.45) is 46.3 Å². The average molecular weight is 653 g/mol. The number of carbonyl (C=O) groups is 1. The maximum atomic E-state index is 12.8. The fraction of sp³-hybridized carbons (Fsp3) is 0.933. The minimum absolute atomic E-state index is 0.0653. The SMILES string of the molecule is CCCCCCCCCCCCCCCCCC(=O)O[C@H]1CC[C@@]2(C)C(=CCC3C4CCC([C@H](C)CCCC(C)C)[C@@]4(C)CCC32)C1. The topological polar surface area (TPSA) is 26.3 Å². The van der Waals surface area contributed by atoms with Crippen molar-refractivity contribution in [3.63, 3.8) is 0 Å². The molecule has 0 N–H and O–H groups in total. The summed E-state index contributed by atoms with van der Waals surface area (Å²) in [5, 5.41) is 0. The molecule has 2 nitrogen and oxygen atoms in total. The van der Waals surface area contributed by atoms with E-state index in [0.29, 0.717) is 17.3 Å². The Morgan fingerprint density at radius 3 is 1.98 bits per heavy atom. The molecule has 4 aliphatic rings. The van der Waals surface area contributed by atoms with Crippen LogP contribution in [0.5, 0.6) is 0 Å². The summed E-state index contributed by atoms with van der Waals surface area (Å²) in [5.41, 5.74) is 2.54. The van der Waals surface area contributed by atoms with Gasteiger partial charge in [0.2, 0.25) is 0 Å². The van der Waals surface area contributed by atoms with Gasteiger partial charge in [0, 0.05) is 12.8 Å². The van der Waals surface area contributed by atoms with E-state index in [9.17, 15) is 4.79 Å². The van der Waals surface area contributed by atoms with E-state index in [-0.39, 0.29) is 12.1 Å². The van der Waals surface area contributed by atoms with E-state index in [1.165, 1.54) is 148 Å². The molecule has 0 saturated heterocycles. The van der Waals surface area contributed by atoms with E-state index in [0.717, 1.165) is 54.8 Å². The van der Waals surface area contributed by atoms with Crippen LogP contribution >= 0.6 is 0 Å². The molecule has 272 valence electrons. The molecule has 4 unspecified atom stereocenters. The number of fused-ring (bicyclic) bond motifs is 5. The summed E-state index contributed by atoms with van der Waals surface area (Å²) in [5.74, 6) is 5.34. The summed E-state index contributed by atoms with van der Waals surface area (Å²) in [4.78, 5) is 12.8. The van der Waals surface area contributed by atoms with Gasteiger partial charge in [0.05, 0.1) is 0 Å². The molecular formula is C45H80O2. The molecule has 0 aromatic heterocycles. The molecule has 0 amide bonds. The van der Waals surface area contributed by atoms with Crippen molar-refractivity contribution in [2.45, 2.75) is 221 Å². The zero-order valence-electron chi connectivity index (χ0n) is 32.5. The van der Waals surface area contributed by atoms with Gasteiger partial charge in [0.15, 0.2) is 0 Å². The number of unbranched alkanes of at least 4 members (excludes halogenated alkanes) is 14. The number of esters is 1. The number of hydrogen-bond acceptors (Lipinski definition) is 2. The fourth-order valence-electron chi connectivity index (χ4n) is 11.6. The third kappa shape index (κ3) is 10.8. The molecule has 3 fully saturated rings. The summed E-state index contributed by atoms with van der Waals surface area (Å²) in [6.45, 7) is 15.0. The Labute approximate surface area is 293 Å². The predicted molar refractivity (Wildman–Crippen MR) is 202 cm³/mol. The lowest BCUT2D eigenvalue weighted by molar-refractivity contribution is -0.151. The first-order chi connectivity index (χ1) is 22.7. The third-order valence-electron chi connectivity index (χ3n) is 14.5. The molecule has 3 saturated carbocycles. The van der Waals surface area contributed by atoms with Crippen molar-refractivity contribution < 1.29 is 9.53 Å². The van der Waals surface area contributed by atoms with Gasteiger partial charge in [-0.25, -0.2) is 0 Å². The van der Waals surface area contributed by atoms with Gasteiger partial charge in [0.1, 0.15) is 6.10 Å². The van der Waals surface area contributed by atoms with E-state index < -0.39 is 0 Å². The second kappa shape index (κ2) is 19.6. The highest BCUT2D eigenvalue weighted by Gasteiger charge is 2.59. The number of hydrogen-bond donors (Lipinski definition) is 0. The van der Waals surface area contributed by atoms with Crippen molar-refractivity contribution >= 4 is 5.97 Å². The first-order valence-electron chi connectivity index (χ1n) is 21.6. The quantitative estimate of drug-likeness (QED) is 0.0661. The normalized spacial score (nSPS) is 32.4. The second-order valence-corrected chi connectivity index (χ2v) is 18.3. The van der Waals surface area contributed by atoms with Crippen LogP contribution in [0, 0.1) is 46.3 Å². The molecule has 8 atom stereocenters. The Hall–Kier alpha value is -0.790. The molecule has 2 heteroatoms. The van der Waals surface area contributed by atoms with Gasteiger partial charge < -0.3 is 4.74 Å². The van der Waals surface area contributed by atoms with E-state index in [1.54, 1.807) is 5.57 Å². The van der Waals surface area contributed by atoms with Crippen LogP contribution in [0.3, 0.4) is 0 Å². The van der Waals surface area contributed by atoms with Crippen LogP contribution in [0.15, 0.2) is 11.6 Å². The molecular weight excluding hydrogens is 572 g/mol. The van der Waals surface area contributed by atoms with Crippen molar-refractivity contribution in [1.82, 2.24) is 0 Å². The Morgan fingerprint density at radius 1 is 0.745 bits per heavy atom. The van der Waals surface area contributed by atoms with E-state index >= 15 is 0 Å². The minimum atomic E-state index is 0.0653. The smallest absolute Gasteiger partial charge is 0.306 e. The Balaban J connectivity index is 1.10. The molecule has 0 bridgehead atoms. The van der Waals surface area contributed by atoms with Gasteiger partial charge in [-0.1, -0.05) is 162 Å². The maximum absolute atomic E-state index is 12.8. The van der Waals surface area contributed by atoms with Crippen LogP contribution in [-0.4, -0.2) is 12.1 Å². The number of ether oxygens (including phenoxy) is 1. The summed E-state index contributed by atoms with van der Waals surface area (Å²) >= 11 is 0. The van der Waals surface area contributed by atoms with Crippen molar-refractivity contribution in [3.8, 4) is 0 Å². The van der Waals surface area contributed by atoms with Gasteiger partial charge in [0.25, 0.3) is 0 Å². The lowest BCUT2D eigenvalue weighted by atomic mass is 9.47. The lowest BCUT2D eigenvalue weighted by Gasteiger charge is -2.58. The van der Waals surface area contributed by atoms with Crippen LogP contribution in [0.1, 0.15) is 215 Å². The van der Waals surface area contributed by atoms with Crippen molar-refractivity contribution in [1.29, 1.82) is 0 Å². The molecule has 0 aliphatic heterocycles. The number of rotatable bonds is 22. The zero-order valence-corrected chi connectivity index (χ0v) is 32.5. The number of allylic oxidation sites excluding steroid dienone is 1. The first kappa shape index (κ1) is 39.0. The standard InChI is InChI=1S/C45H80O2/c1-7-8-9-10-11-12-13-14-15-16-17-18-19-20-21-25-43(46)47-38-30-32-44(5)37(34-38)26-27-39-41-29-28-40(36(4)24-22-23-35(2)3)45(41,6)33-31-42(39)44/h26,35-36,38-42H,7-25,27-34H2,1-6H3/t36-,38+,39?,40?,41?,42?,44+,45-/m1/s1. The Morgan fingerprint density at radius 2 is 1.36 bits per heavy atom. The van der Waals surface area contributed by atoms with Gasteiger partial charge >= 0.3 is 5.97 Å². The van der Waals surface area contributed by atoms with E-state index in [2.05, 4.69) is 47.6 Å². The average Bonchev–Trinajstić information content (AvgIpc) is 3.40. The maximum Gasteiger partial charge on any atom is 0.306 e. The van der Waals surface area contributed by atoms with Crippen molar-refractivity contribution in [2.75, 3.05) is 0 Å². The molecule has 4 aliphatic carbocycles. The summed E-state index contributed by atoms with van der Waals surface area (Å²) in [6, 6.07) is 0. The van der Waals surface area contributed by atoms with Crippen LogP contribution in [0.25, 0.3) is 0 Å². The fourth-order valence-corrected chi connectivity index (χ4v) is 11.6.